The lowest BCUT2D eigenvalue weighted by molar-refractivity contribution is -0.120. The third-order valence-electron chi connectivity index (χ3n) is 5.90. The summed E-state index contributed by atoms with van der Waals surface area (Å²) in [5.74, 6) is 0.0992. The summed E-state index contributed by atoms with van der Waals surface area (Å²) in [7, 11) is 0. The molecule has 1 unspecified atom stereocenters. The lowest BCUT2D eigenvalue weighted by Crippen LogP contribution is -2.52. The molecule has 1 fully saturated rings. The Morgan fingerprint density at radius 2 is 1.53 bits per heavy atom. The van der Waals surface area contributed by atoms with Crippen LogP contribution in [0.2, 0.25) is 0 Å². The van der Waals surface area contributed by atoms with Gasteiger partial charge in [0.05, 0.1) is 6.04 Å². The van der Waals surface area contributed by atoms with Crippen LogP contribution in [0.4, 0.5) is 11.4 Å². The van der Waals surface area contributed by atoms with E-state index in [4.69, 9.17) is 0 Å². The van der Waals surface area contributed by atoms with Crippen LogP contribution in [0.3, 0.4) is 0 Å². The second-order valence-electron chi connectivity index (χ2n) is 7.85. The maximum atomic E-state index is 12.8. The fraction of sp³-hybridized carbons (Fsp3) is 0.280. The van der Waals surface area contributed by atoms with E-state index in [-0.39, 0.29) is 17.7 Å². The van der Waals surface area contributed by atoms with E-state index in [1.165, 1.54) is 0 Å². The van der Waals surface area contributed by atoms with Crippen molar-refractivity contribution in [3.05, 3.63) is 72.3 Å². The molecule has 0 spiro atoms. The summed E-state index contributed by atoms with van der Waals surface area (Å²) in [6.07, 6.45) is 0. The van der Waals surface area contributed by atoms with Crippen molar-refractivity contribution in [2.45, 2.75) is 19.9 Å². The number of anilines is 2. The predicted molar refractivity (Wildman–Crippen MR) is 122 cm³/mol. The Kier molecular flexibility index (Phi) is 5.81. The van der Waals surface area contributed by atoms with Gasteiger partial charge in [-0.05, 0) is 61.0 Å². The monoisotopic (exact) mass is 401 g/mol. The number of ketones is 1. The molecule has 0 saturated carbocycles. The van der Waals surface area contributed by atoms with E-state index in [9.17, 15) is 9.59 Å². The zero-order chi connectivity index (χ0) is 21.1. The summed E-state index contributed by atoms with van der Waals surface area (Å²) in [4.78, 5) is 28.8. The van der Waals surface area contributed by atoms with Gasteiger partial charge in [0.1, 0.15) is 0 Å². The first-order chi connectivity index (χ1) is 14.5. The van der Waals surface area contributed by atoms with E-state index in [0.717, 1.165) is 53.9 Å². The highest BCUT2D eigenvalue weighted by atomic mass is 16.2. The summed E-state index contributed by atoms with van der Waals surface area (Å²) in [6.45, 7) is 6.90. The number of hydrogen-bond acceptors (Lipinski definition) is 4. The van der Waals surface area contributed by atoms with Gasteiger partial charge in [0, 0.05) is 43.1 Å². The molecule has 3 aromatic carbocycles. The van der Waals surface area contributed by atoms with Crippen LogP contribution in [0.15, 0.2) is 66.7 Å². The van der Waals surface area contributed by atoms with Crippen molar-refractivity contribution in [1.82, 2.24) is 4.90 Å². The molecule has 1 saturated heterocycles. The number of amides is 1. The molecule has 3 aromatic rings. The predicted octanol–water partition coefficient (Wildman–Crippen LogP) is 4.19. The van der Waals surface area contributed by atoms with Gasteiger partial charge in [0.2, 0.25) is 5.91 Å². The molecule has 1 aliphatic heterocycles. The number of rotatable bonds is 5. The average Bonchev–Trinajstić information content (AvgIpc) is 2.78. The van der Waals surface area contributed by atoms with E-state index >= 15 is 0 Å². The van der Waals surface area contributed by atoms with E-state index in [1.807, 2.05) is 61.5 Å². The van der Waals surface area contributed by atoms with Crippen LogP contribution in [0.1, 0.15) is 24.2 Å². The third-order valence-corrected chi connectivity index (χ3v) is 5.90. The number of fused-ring (bicyclic) bond motifs is 1. The van der Waals surface area contributed by atoms with Crippen molar-refractivity contribution in [3.63, 3.8) is 0 Å². The van der Waals surface area contributed by atoms with Gasteiger partial charge in [0.25, 0.3) is 0 Å². The second-order valence-corrected chi connectivity index (χ2v) is 7.85. The lowest BCUT2D eigenvalue weighted by atomic mass is 10.1. The number of piperazine rings is 1. The van der Waals surface area contributed by atoms with Gasteiger partial charge in [-0.3, -0.25) is 14.5 Å². The van der Waals surface area contributed by atoms with E-state index < -0.39 is 0 Å². The molecule has 1 heterocycles. The zero-order valence-corrected chi connectivity index (χ0v) is 17.5. The second kappa shape index (κ2) is 8.67. The minimum absolute atomic E-state index is 0.0181. The Balaban J connectivity index is 1.34. The number of nitrogens with one attached hydrogen (secondary N) is 1. The zero-order valence-electron chi connectivity index (χ0n) is 17.5. The molecule has 1 aliphatic rings. The van der Waals surface area contributed by atoms with Crippen LogP contribution in [0.25, 0.3) is 10.8 Å². The highest BCUT2D eigenvalue weighted by Gasteiger charge is 2.25. The summed E-state index contributed by atoms with van der Waals surface area (Å²) in [6, 6.07) is 21.7. The largest absolute Gasteiger partial charge is 0.369 e. The van der Waals surface area contributed by atoms with Crippen molar-refractivity contribution in [2.75, 3.05) is 36.4 Å². The molecule has 30 heavy (non-hydrogen) atoms. The summed E-state index contributed by atoms with van der Waals surface area (Å²) in [5.41, 5.74) is 2.68. The molecule has 5 nitrogen and oxygen atoms in total. The molecular formula is C25H27N3O2. The number of nitrogens with zero attached hydrogens (tertiary/aromatic N) is 2. The Bertz CT molecular complexity index is 1050. The van der Waals surface area contributed by atoms with Crippen LogP contribution in [0.5, 0.6) is 0 Å². The minimum atomic E-state index is -0.196. The van der Waals surface area contributed by atoms with Crippen LogP contribution >= 0.6 is 0 Å². The first-order valence-corrected chi connectivity index (χ1v) is 10.4. The molecule has 0 radical (unpaired) electrons. The topological polar surface area (TPSA) is 52.7 Å². The van der Waals surface area contributed by atoms with E-state index in [1.54, 1.807) is 6.92 Å². The fourth-order valence-electron chi connectivity index (χ4n) is 3.95. The molecule has 0 aliphatic carbocycles. The first-order valence-electron chi connectivity index (χ1n) is 10.4. The summed E-state index contributed by atoms with van der Waals surface area (Å²) in [5, 5.41) is 5.35. The van der Waals surface area contributed by atoms with E-state index in [2.05, 4.69) is 27.2 Å². The third kappa shape index (κ3) is 4.36. The van der Waals surface area contributed by atoms with Gasteiger partial charge in [-0.25, -0.2) is 0 Å². The van der Waals surface area contributed by atoms with Crippen molar-refractivity contribution in [2.24, 2.45) is 0 Å². The Hall–Kier alpha value is -3.18. The van der Waals surface area contributed by atoms with Crippen molar-refractivity contribution in [3.8, 4) is 0 Å². The van der Waals surface area contributed by atoms with Gasteiger partial charge < -0.3 is 10.2 Å². The Labute approximate surface area is 177 Å². The van der Waals surface area contributed by atoms with Crippen LogP contribution in [0, 0.1) is 0 Å². The van der Waals surface area contributed by atoms with Crippen molar-refractivity contribution in [1.29, 1.82) is 0 Å². The highest BCUT2D eigenvalue weighted by molar-refractivity contribution is 5.97. The van der Waals surface area contributed by atoms with Gasteiger partial charge >= 0.3 is 0 Å². The van der Waals surface area contributed by atoms with Gasteiger partial charge in [0.15, 0.2) is 5.78 Å². The minimum Gasteiger partial charge on any atom is -0.369 e. The summed E-state index contributed by atoms with van der Waals surface area (Å²) >= 11 is 0. The number of carbonyl (C=O) groups excluding carboxylic acids is 2. The number of carbonyl (C=O) groups is 2. The summed E-state index contributed by atoms with van der Waals surface area (Å²) < 4.78 is 0. The number of Topliss-reactive ketones (excluding diaryl/α,β-unsaturated/α-hetero) is 1. The standard InChI is InChI=1S/C25H27N3O2/c1-18(25(30)26-23-10-7-21-5-3-4-6-22(21)17-23)27-13-15-28(16-14-27)24-11-8-20(9-12-24)19(2)29/h3-12,17-18H,13-16H2,1-2H3,(H,26,30). The average molecular weight is 402 g/mol. The fourth-order valence-corrected chi connectivity index (χ4v) is 3.95. The van der Waals surface area contributed by atoms with Crippen LogP contribution < -0.4 is 10.2 Å². The maximum absolute atomic E-state index is 12.8. The van der Waals surface area contributed by atoms with Crippen molar-refractivity contribution < 1.29 is 9.59 Å². The maximum Gasteiger partial charge on any atom is 0.241 e. The van der Waals surface area contributed by atoms with Gasteiger partial charge in [-0.15, -0.1) is 0 Å². The molecule has 0 bridgehead atoms. The van der Waals surface area contributed by atoms with E-state index in [0.29, 0.717) is 0 Å². The molecule has 154 valence electrons. The van der Waals surface area contributed by atoms with Crippen molar-refractivity contribution >= 4 is 33.8 Å². The Morgan fingerprint density at radius 3 is 2.20 bits per heavy atom. The van der Waals surface area contributed by atoms with Crippen LogP contribution in [-0.4, -0.2) is 48.8 Å². The van der Waals surface area contributed by atoms with Gasteiger partial charge in [-0.2, -0.15) is 0 Å². The highest BCUT2D eigenvalue weighted by Crippen LogP contribution is 2.21. The molecule has 1 N–H and O–H groups in total. The molecule has 1 amide bonds. The van der Waals surface area contributed by atoms with Gasteiger partial charge in [-0.1, -0.05) is 30.3 Å². The Morgan fingerprint density at radius 1 is 0.867 bits per heavy atom. The van der Waals surface area contributed by atoms with Crippen LogP contribution in [-0.2, 0) is 4.79 Å². The SMILES string of the molecule is CC(=O)c1ccc(N2CCN(C(C)C(=O)Nc3ccc4ccccc4c3)CC2)cc1. The normalized spacial score (nSPS) is 15.7. The molecular weight excluding hydrogens is 374 g/mol. The quantitative estimate of drug-likeness (QED) is 0.652. The number of hydrogen-bond donors (Lipinski definition) is 1. The first kappa shape index (κ1) is 20.1. The lowest BCUT2D eigenvalue weighted by Gasteiger charge is -2.38. The molecule has 5 heteroatoms. The number of benzene rings is 3. The molecule has 1 atom stereocenters. The smallest absolute Gasteiger partial charge is 0.241 e. The molecule has 0 aromatic heterocycles. The molecule has 4 rings (SSSR count).